The lowest BCUT2D eigenvalue weighted by Crippen LogP contribution is -2.42. The third-order valence-corrected chi connectivity index (χ3v) is 3.12. The Balaban J connectivity index is 2.27. The minimum absolute atomic E-state index is 0.0397. The number of methoxy groups -OCH3 is 2. The molecule has 1 heterocycles. The molecule has 1 aliphatic heterocycles. The van der Waals surface area contributed by atoms with Gasteiger partial charge in [-0.25, -0.2) is 8.78 Å². The van der Waals surface area contributed by atoms with Crippen molar-refractivity contribution in [2.75, 3.05) is 32.2 Å². The van der Waals surface area contributed by atoms with Crippen LogP contribution in [0.5, 0.6) is 11.5 Å². The van der Waals surface area contributed by atoms with Gasteiger partial charge in [-0.05, 0) is 18.6 Å². The number of benzene rings is 1. The first kappa shape index (κ1) is 12.9. The number of hydrogen-bond acceptors (Lipinski definition) is 3. The molecule has 1 fully saturated rings. The number of hydrogen-bond donors (Lipinski definition) is 0. The van der Waals surface area contributed by atoms with Gasteiger partial charge in [-0.2, -0.15) is 0 Å². The fraction of sp³-hybridized carbons (Fsp3) is 0.538. The van der Waals surface area contributed by atoms with Gasteiger partial charge in [0, 0.05) is 19.0 Å². The average Bonchev–Trinajstić information content (AvgIpc) is 2.36. The Labute approximate surface area is 105 Å². The third kappa shape index (κ3) is 2.66. The quantitative estimate of drug-likeness (QED) is 0.831. The summed E-state index contributed by atoms with van der Waals surface area (Å²) >= 11 is 0. The first-order chi connectivity index (χ1) is 8.55. The fourth-order valence-corrected chi connectivity index (χ4v) is 2.22. The van der Waals surface area contributed by atoms with Crippen LogP contribution in [-0.4, -0.2) is 33.2 Å². The zero-order valence-corrected chi connectivity index (χ0v) is 10.6. The van der Waals surface area contributed by atoms with E-state index in [9.17, 15) is 8.78 Å². The van der Waals surface area contributed by atoms with Crippen LogP contribution in [0.1, 0.15) is 12.8 Å². The molecule has 3 nitrogen and oxygen atoms in total. The van der Waals surface area contributed by atoms with E-state index in [0.29, 0.717) is 30.2 Å². The highest BCUT2D eigenvalue weighted by Gasteiger charge is 2.36. The highest BCUT2D eigenvalue weighted by atomic mass is 19.3. The Morgan fingerprint density at radius 2 is 2.00 bits per heavy atom. The first-order valence-corrected chi connectivity index (χ1v) is 5.90. The van der Waals surface area contributed by atoms with Crippen molar-refractivity contribution < 1.29 is 18.3 Å². The summed E-state index contributed by atoms with van der Waals surface area (Å²) in [5, 5.41) is 0. The van der Waals surface area contributed by atoms with Gasteiger partial charge in [0.25, 0.3) is 5.92 Å². The molecule has 5 heteroatoms. The molecule has 1 saturated heterocycles. The van der Waals surface area contributed by atoms with Gasteiger partial charge in [0.2, 0.25) is 0 Å². The van der Waals surface area contributed by atoms with Crippen molar-refractivity contribution in [3.05, 3.63) is 18.2 Å². The maximum absolute atomic E-state index is 13.4. The smallest absolute Gasteiger partial charge is 0.265 e. The van der Waals surface area contributed by atoms with E-state index >= 15 is 0 Å². The normalized spacial score (nSPS) is 18.6. The van der Waals surface area contributed by atoms with Crippen molar-refractivity contribution in [2.45, 2.75) is 18.8 Å². The molecule has 0 radical (unpaired) electrons. The zero-order chi connectivity index (χ0) is 13.2. The topological polar surface area (TPSA) is 21.7 Å². The maximum Gasteiger partial charge on any atom is 0.265 e. The highest BCUT2D eigenvalue weighted by Crippen LogP contribution is 2.36. The van der Waals surface area contributed by atoms with Crippen LogP contribution in [0.4, 0.5) is 14.5 Å². The average molecular weight is 257 g/mol. The molecule has 0 unspecified atom stereocenters. The van der Waals surface area contributed by atoms with E-state index < -0.39 is 5.92 Å². The van der Waals surface area contributed by atoms with E-state index in [1.54, 1.807) is 30.2 Å². The molecule has 1 aromatic rings. The highest BCUT2D eigenvalue weighted by molar-refractivity contribution is 5.61. The second kappa shape index (κ2) is 5.00. The molecule has 0 aromatic heterocycles. The summed E-state index contributed by atoms with van der Waals surface area (Å²) in [6, 6.07) is 5.23. The molecule has 0 bridgehead atoms. The summed E-state index contributed by atoms with van der Waals surface area (Å²) in [6.45, 7) is 0.369. The molecule has 0 saturated carbocycles. The van der Waals surface area contributed by atoms with E-state index in [4.69, 9.17) is 9.47 Å². The molecule has 18 heavy (non-hydrogen) atoms. The second-order valence-corrected chi connectivity index (χ2v) is 4.42. The maximum atomic E-state index is 13.4. The number of anilines is 1. The summed E-state index contributed by atoms with van der Waals surface area (Å²) in [4.78, 5) is 1.67. The first-order valence-electron chi connectivity index (χ1n) is 5.90. The molecule has 2 rings (SSSR count). The Kier molecular flexibility index (Phi) is 3.59. The Morgan fingerprint density at radius 3 is 2.61 bits per heavy atom. The van der Waals surface area contributed by atoms with Crippen molar-refractivity contribution in [1.82, 2.24) is 0 Å². The lowest BCUT2D eigenvalue weighted by atomic mass is 10.1. The number of alkyl halides is 2. The molecule has 100 valence electrons. The van der Waals surface area contributed by atoms with Gasteiger partial charge < -0.3 is 14.4 Å². The number of piperidine rings is 1. The van der Waals surface area contributed by atoms with Gasteiger partial charge in [-0.3, -0.25) is 0 Å². The molecule has 1 aliphatic rings. The van der Waals surface area contributed by atoms with Crippen molar-refractivity contribution in [2.24, 2.45) is 0 Å². The standard InChI is InChI=1S/C13H17F2NO2/c1-17-10-4-5-11(12(8-10)18-2)16-7-3-6-13(14,15)9-16/h4-5,8H,3,6-7,9H2,1-2H3. The molecular formula is C13H17F2NO2. The molecule has 0 amide bonds. The molecule has 0 spiro atoms. The van der Waals surface area contributed by atoms with Crippen LogP contribution < -0.4 is 14.4 Å². The van der Waals surface area contributed by atoms with Crippen LogP contribution in [-0.2, 0) is 0 Å². The Hall–Kier alpha value is -1.52. The van der Waals surface area contributed by atoms with Crippen molar-refractivity contribution in [3.8, 4) is 11.5 Å². The van der Waals surface area contributed by atoms with Gasteiger partial charge in [0.15, 0.2) is 0 Å². The minimum Gasteiger partial charge on any atom is -0.497 e. The summed E-state index contributed by atoms with van der Waals surface area (Å²) in [5.74, 6) is -1.41. The van der Waals surface area contributed by atoms with Gasteiger partial charge >= 0.3 is 0 Å². The van der Waals surface area contributed by atoms with E-state index in [2.05, 4.69) is 0 Å². The minimum atomic E-state index is -2.62. The molecule has 0 N–H and O–H groups in total. The number of nitrogens with zero attached hydrogens (tertiary/aromatic N) is 1. The number of ether oxygens (including phenoxy) is 2. The summed E-state index contributed by atoms with van der Waals surface area (Å²) < 4.78 is 37.2. The monoisotopic (exact) mass is 257 g/mol. The Bertz CT molecular complexity index is 423. The molecule has 1 aromatic carbocycles. The molecular weight excluding hydrogens is 240 g/mol. The van der Waals surface area contributed by atoms with Crippen LogP contribution in [0.25, 0.3) is 0 Å². The summed E-state index contributed by atoms with van der Waals surface area (Å²) in [5.41, 5.74) is 0.692. The van der Waals surface area contributed by atoms with Crippen molar-refractivity contribution >= 4 is 5.69 Å². The summed E-state index contributed by atoms with van der Waals surface area (Å²) in [7, 11) is 3.09. The second-order valence-electron chi connectivity index (χ2n) is 4.42. The van der Waals surface area contributed by atoms with Crippen LogP contribution in [0, 0.1) is 0 Å². The lowest BCUT2D eigenvalue weighted by Gasteiger charge is -2.34. The van der Waals surface area contributed by atoms with Crippen molar-refractivity contribution in [3.63, 3.8) is 0 Å². The van der Waals surface area contributed by atoms with Crippen LogP contribution in [0.2, 0.25) is 0 Å². The van der Waals surface area contributed by atoms with E-state index in [-0.39, 0.29) is 13.0 Å². The lowest BCUT2D eigenvalue weighted by molar-refractivity contribution is -0.0117. The number of rotatable bonds is 3. The predicted octanol–water partition coefficient (Wildman–Crippen LogP) is 2.94. The molecule has 0 atom stereocenters. The van der Waals surface area contributed by atoms with Gasteiger partial charge in [-0.15, -0.1) is 0 Å². The SMILES string of the molecule is COc1ccc(N2CCCC(F)(F)C2)c(OC)c1. The van der Waals surface area contributed by atoms with E-state index in [1.165, 1.54) is 7.11 Å². The summed E-state index contributed by atoms with van der Waals surface area (Å²) in [6.07, 6.45) is 0.449. The van der Waals surface area contributed by atoms with Crippen LogP contribution >= 0.6 is 0 Å². The van der Waals surface area contributed by atoms with Gasteiger partial charge in [0.1, 0.15) is 11.5 Å². The zero-order valence-electron chi connectivity index (χ0n) is 10.6. The van der Waals surface area contributed by atoms with Gasteiger partial charge in [-0.1, -0.05) is 0 Å². The van der Waals surface area contributed by atoms with Crippen LogP contribution in [0.3, 0.4) is 0 Å². The van der Waals surface area contributed by atoms with Crippen LogP contribution in [0.15, 0.2) is 18.2 Å². The van der Waals surface area contributed by atoms with Gasteiger partial charge in [0.05, 0.1) is 26.5 Å². The largest absolute Gasteiger partial charge is 0.497 e. The van der Waals surface area contributed by atoms with E-state index in [0.717, 1.165) is 0 Å². The fourth-order valence-electron chi connectivity index (χ4n) is 2.22. The van der Waals surface area contributed by atoms with Crippen molar-refractivity contribution in [1.29, 1.82) is 0 Å². The predicted molar refractivity (Wildman–Crippen MR) is 65.9 cm³/mol. The number of halogens is 2. The Morgan fingerprint density at radius 1 is 1.22 bits per heavy atom. The molecule has 0 aliphatic carbocycles. The van der Waals surface area contributed by atoms with E-state index in [1.807, 2.05) is 0 Å². The third-order valence-electron chi connectivity index (χ3n) is 3.12.